The third kappa shape index (κ3) is 3.78. The Labute approximate surface area is 124 Å². The molecule has 0 unspecified atom stereocenters. The molecule has 0 amide bonds. The summed E-state index contributed by atoms with van der Waals surface area (Å²) in [6, 6.07) is 3.53. The summed E-state index contributed by atoms with van der Waals surface area (Å²) in [6.07, 6.45) is 1.82. The Bertz CT molecular complexity index is 544. The van der Waals surface area contributed by atoms with Gasteiger partial charge in [0.15, 0.2) is 0 Å². The zero-order valence-electron chi connectivity index (χ0n) is 11.6. The van der Waals surface area contributed by atoms with Crippen LogP contribution in [-0.4, -0.2) is 26.3 Å². The van der Waals surface area contributed by atoms with Crippen LogP contribution in [0.15, 0.2) is 21.5 Å². The van der Waals surface area contributed by atoms with Crippen LogP contribution in [0.25, 0.3) is 0 Å². The smallest absolute Gasteiger partial charge is 0.243 e. The number of benzene rings is 1. The van der Waals surface area contributed by atoms with Gasteiger partial charge in [-0.15, -0.1) is 0 Å². The van der Waals surface area contributed by atoms with Crippen molar-refractivity contribution in [3.63, 3.8) is 0 Å². The molecule has 1 rings (SSSR count). The van der Waals surface area contributed by atoms with Crippen LogP contribution in [0.2, 0.25) is 0 Å². The molecule has 0 aromatic heterocycles. The van der Waals surface area contributed by atoms with E-state index in [-0.39, 0.29) is 0 Å². The van der Waals surface area contributed by atoms with Crippen LogP contribution in [0.4, 0.5) is 0 Å². The van der Waals surface area contributed by atoms with Crippen molar-refractivity contribution in [1.82, 2.24) is 4.31 Å². The van der Waals surface area contributed by atoms with Crippen LogP contribution in [0, 0.1) is 6.92 Å². The van der Waals surface area contributed by atoms with Gasteiger partial charge in [0, 0.05) is 24.6 Å². The van der Waals surface area contributed by atoms with Gasteiger partial charge in [-0.2, -0.15) is 0 Å². The Morgan fingerprint density at radius 1 is 1.37 bits per heavy atom. The van der Waals surface area contributed by atoms with Crippen molar-refractivity contribution in [1.29, 1.82) is 0 Å². The number of sulfonamides is 1. The maximum absolute atomic E-state index is 12.5. The predicted molar refractivity (Wildman–Crippen MR) is 81.5 cm³/mol. The van der Waals surface area contributed by atoms with E-state index in [2.05, 4.69) is 15.9 Å². The lowest BCUT2D eigenvalue weighted by molar-refractivity contribution is 0.459. The van der Waals surface area contributed by atoms with Gasteiger partial charge in [-0.25, -0.2) is 12.7 Å². The van der Waals surface area contributed by atoms with E-state index in [1.807, 2.05) is 13.0 Å². The van der Waals surface area contributed by atoms with Gasteiger partial charge in [-0.05, 0) is 36.6 Å². The molecule has 0 fully saturated rings. The van der Waals surface area contributed by atoms with Gasteiger partial charge in [-0.3, -0.25) is 0 Å². The fraction of sp³-hybridized carbons (Fsp3) is 0.538. The lowest BCUT2D eigenvalue weighted by Gasteiger charge is -2.19. The van der Waals surface area contributed by atoms with Gasteiger partial charge < -0.3 is 5.73 Å². The molecule has 0 spiro atoms. The molecular formula is C13H21BrN2O2S. The summed E-state index contributed by atoms with van der Waals surface area (Å²) >= 11 is 3.39. The van der Waals surface area contributed by atoms with Crippen molar-refractivity contribution in [2.45, 2.75) is 38.1 Å². The normalized spacial score (nSPS) is 12.1. The van der Waals surface area contributed by atoms with Crippen LogP contribution < -0.4 is 5.73 Å². The second kappa shape index (κ2) is 6.83. The summed E-state index contributed by atoms with van der Waals surface area (Å²) in [6.45, 7) is 4.69. The average molecular weight is 349 g/mol. The Balaban J connectivity index is 3.24. The minimum Gasteiger partial charge on any atom is -0.326 e. The molecule has 4 nitrogen and oxygen atoms in total. The van der Waals surface area contributed by atoms with Gasteiger partial charge in [-0.1, -0.05) is 29.3 Å². The second-order valence-corrected chi connectivity index (χ2v) is 7.45. The third-order valence-electron chi connectivity index (χ3n) is 3.11. The second-order valence-electron chi connectivity index (χ2n) is 4.59. The molecule has 2 N–H and O–H groups in total. The van der Waals surface area contributed by atoms with Crippen LogP contribution >= 0.6 is 15.9 Å². The zero-order valence-corrected chi connectivity index (χ0v) is 14.0. The van der Waals surface area contributed by atoms with Crippen LogP contribution in [0.3, 0.4) is 0 Å². The van der Waals surface area contributed by atoms with Crippen molar-refractivity contribution in [2.75, 3.05) is 13.6 Å². The molecule has 0 saturated heterocycles. The number of hydrogen-bond acceptors (Lipinski definition) is 3. The zero-order chi connectivity index (χ0) is 14.6. The molecular weight excluding hydrogens is 328 g/mol. The van der Waals surface area contributed by atoms with E-state index >= 15 is 0 Å². The largest absolute Gasteiger partial charge is 0.326 e. The summed E-state index contributed by atoms with van der Waals surface area (Å²) in [5.41, 5.74) is 7.14. The van der Waals surface area contributed by atoms with E-state index in [0.717, 1.165) is 28.4 Å². The van der Waals surface area contributed by atoms with Crippen molar-refractivity contribution in [2.24, 2.45) is 5.73 Å². The van der Waals surface area contributed by atoms with Gasteiger partial charge in [0.05, 0.1) is 4.90 Å². The van der Waals surface area contributed by atoms with E-state index in [9.17, 15) is 8.42 Å². The molecule has 0 aliphatic rings. The number of rotatable bonds is 6. The maximum Gasteiger partial charge on any atom is 0.243 e. The van der Waals surface area contributed by atoms with Crippen LogP contribution in [-0.2, 0) is 16.6 Å². The van der Waals surface area contributed by atoms with Crippen molar-refractivity contribution in [3.05, 3.63) is 27.7 Å². The van der Waals surface area contributed by atoms with E-state index in [1.165, 1.54) is 4.31 Å². The first-order valence-electron chi connectivity index (χ1n) is 6.30. The molecule has 0 atom stereocenters. The first kappa shape index (κ1) is 16.6. The van der Waals surface area contributed by atoms with E-state index in [1.54, 1.807) is 20.0 Å². The highest BCUT2D eigenvalue weighted by Gasteiger charge is 2.23. The molecule has 1 aromatic carbocycles. The van der Waals surface area contributed by atoms with E-state index < -0.39 is 10.0 Å². The Kier molecular flexibility index (Phi) is 5.98. The summed E-state index contributed by atoms with van der Waals surface area (Å²) in [5, 5.41) is 0. The topological polar surface area (TPSA) is 63.4 Å². The van der Waals surface area contributed by atoms with Crippen LogP contribution in [0.5, 0.6) is 0 Å². The van der Waals surface area contributed by atoms with Crippen molar-refractivity contribution in [3.8, 4) is 0 Å². The number of halogens is 1. The molecule has 108 valence electrons. The molecule has 1 aromatic rings. The van der Waals surface area contributed by atoms with E-state index in [0.29, 0.717) is 18.0 Å². The highest BCUT2D eigenvalue weighted by atomic mass is 79.9. The van der Waals surface area contributed by atoms with E-state index in [4.69, 9.17) is 5.73 Å². The number of nitrogens with two attached hydrogens (primary N) is 1. The summed E-state index contributed by atoms with van der Waals surface area (Å²) in [4.78, 5) is 0.334. The summed E-state index contributed by atoms with van der Waals surface area (Å²) in [7, 11) is -1.83. The number of nitrogens with zero attached hydrogens (tertiary/aromatic N) is 1. The highest BCUT2D eigenvalue weighted by Crippen LogP contribution is 2.27. The SMILES string of the molecule is CCCCN(C)S(=O)(=O)c1cc(CN)cc(Br)c1C. The maximum atomic E-state index is 12.5. The van der Waals surface area contributed by atoms with Crippen LogP contribution in [0.1, 0.15) is 30.9 Å². The molecule has 0 radical (unpaired) electrons. The molecule has 0 aliphatic carbocycles. The highest BCUT2D eigenvalue weighted by molar-refractivity contribution is 9.10. The van der Waals surface area contributed by atoms with Crippen molar-refractivity contribution >= 4 is 26.0 Å². The number of hydrogen-bond donors (Lipinski definition) is 1. The lowest BCUT2D eigenvalue weighted by Crippen LogP contribution is -2.28. The summed E-state index contributed by atoms with van der Waals surface area (Å²) < 4.78 is 27.3. The minimum atomic E-state index is -3.45. The Morgan fingerprint density at radius 3 is 2.53 bits per heavy atom. The summed E-state index contributed by atoms with van der Waals surface area (Å²) in [5.74, 6) is 0. The fourth-order valence-electron chi connectivity index (χ4n) is 1.76. The molecule has 0 aliphatic heterocycles. The fourth-order valence-corrected chi connectivity index (χ4v) is 3.90. The lowest BCUT2D eigenvalue weighted by atomic mass is 10.1. The van der Waals surface area contributed by atoms with Gasteiger partial charge in [0.1, 0.15) is 0 Å². The van der Waals surface area contributed by atoms with Crippen molar-refractivity contribution < 1.29 is 8.42 Å². The Morgan fingerprint density at radius 2 is 2.00 bits per heavy atom. The minimum absolute atomic E-state index is 0.320. The van der Waals surface area contributed by atoms with Gasteiger partial charge in [0.2, 0.25) is 10.0 Å². The quantitative estimate of drug-likeness (QED) is 0.859. The molecule has 0 saturated carbocycles. The molecule has 6 heteroatoms. The molecule has 0 heterocycles. The molecule has 19 heavy (non-hydrogen) atoms. The number of unbranched alkanes of at least 4 members (excludes halogenated alkanes) is 1. The standard InChI is InChI=1S/C13H21BrN2O2S/c1-4-5-6-16(3)19(17,18)13-8-11(9-15)7-12(14)10(13)2/h7-8H,4-6,9,15H2,1-3H3. The third-order valence-corrected chi connectivity index (χ3v) is 5.91. The molecule has 0 bridgehead atoms. The average Bonchev–Trinajstić information content (AvgIpc) is 2.38. The first-order valence-corrected chi connectivity index (χ1v) is 8.53. The van der Waals surface area contributed by atoms with Gasteiger partial charge in [0.25, 0.3) is 0 Å². The van der Waals surface area contributed by atoms with Gasteiger partial charge >= 0.3 is 0 Å². The Hall–Kier alpha value is -0.430. The first-order chi connectivity index (χ1) is 8.84. The predicted octanol–water partition coefficient (Wildman–Crippen LogP) is 2.64. The monoisotopic (exact) mass is 348 g/mol.